The maximum Gasteiger partial charge on any atom is 0.0540 e. The van der Waals surface area contributed by atoms with Gasteiger partial charge >= 0.3 is 0 Å². The monoisotopic (exact) mass is 553 g/mol. The average molecular weight is 554 g/mol. The standard InChI is InChI=1S/C40H27NS/c1-4-12-28(13-5-1)31-21-24-37(35(26-31)29-14-6-2-7-15-29)41(32-16-8-3-9-17-32)33-23-20-30-22-25-39-40(36(30)27-33)34-18-10-11-19-38(34)42-39/h1-27H. The van der Waals surface area contributed by atoms with E-state index in [1.807, 2.05) is 11.3 Å². The Labute approximate surface area is 249 Å². The quantitative estimate of drug-likeness (QED) is 0.205. The van der Waals surface area contributed by atoms with Crippen LogP contribution < -0.4 is 4.90 Å². The second-order valence-electron chi connectivity index (χ2n) is 10.6. The van der Waals surface area contributed by atoms with E-state index in [-0.39, 0.29) is 0 Å². The highest BCUT2D eigenvalue weighted by Crippen LogP contribution is 2.45. The van der Waals surface area contributed by atoms with Crippen LogP contribution >= 0.6 is 11.3 Å². The van der Waals surface area contributed by atoms with Gasteiger partial charge in [0.1, 0.15) is 0 Å². The molecule has 0 unspecified atom stereocenters. The summed E-state index contributed by atoms with van der Waals surface area (Å²) in [6.45, 7) is 0. The maximum absolute atomic E-state index is 2.41. The molecule has 0 radical (unpaired) electrons. The van der Waals surface area contributed by atoms with Gasteiger partial charge in [0.25, 0.3) is 0 Å². The zero-order chi connectivity index (χ0) is 27.9. The molecule has 0 saturated carbocycles. The van der Waals surface area contributed by atoms with E-state index >= 15 is 0 Å². The number of benzene rings is 7. The van der Waals surface area contributed by atoms with Crippen LogP contribution in [0.3, 0.4) is 0 Å². The van der Waals surface area contributed by atoms with Gasteiger partial charge < -0.3 is 4.90 Å². The molecule has 7 aromatic carbocycles. The average Bonchev–Trinajstić information content (AvgIpc) is 3.46. The van der Waals surface area contributed by atoms with Crippen LogP contribution in [0, 0.1) is 0 Å². The van der Waals surface area contributed by atoms with E-state index in [4.69, 9.17) is 0 Å². The zero-order valence-electron chi connectivity index (χ0n) is 22.9. The number of thiophene rings is 1. The van der Waals surface area contributed by atoms with Gasteiger partial charge in [0.05, 0.1) is 5.69 Å². The van der Waals surface area contributed by atoms with E-state index < -0.39 is 0 Å². The van der Waals surface area contributed by atoms with E-state index in [1.165, 1.54) is 53.2 Å². The third kappa shape index (κ3) is 4.25. The number of anilines is 3. The summed E-state index contributed by atoms with van der Waals surface area (Å²) < 4.78 is 2.65. The van der Waals surface area contributed by atoms with Crippen molar-refractivity contribution in [1.29, 1.82) is 0 Å². The summed E-state index contributed by atoms with van der Waals surface area (Å²) in [6.07, 6.45) is 0. The number of fused-ring (bicyclic) bond motifs is 5. The summed E-state index contributed by atoms with van der Waals surface area (Å²) in [5.41, 5.74) is 8.22. The number of para-hydroxylation sites is 1. The molecule has 0 spiro atoms. The first-order valence-corrected chi connectivity index (χ1v) is 15.1. The van der Waals surface area contributed by atoms with Crippen LogP contribution in [0.15, 0.2) is 164 Å². The van der Waals surface area contributed by atoms with Crippen LogP contribution in [-0.2, 0) is 0 Å². The normalized spacial score (nSPS) is 11.3. The predicted octanol–water partition coefficient (Wildman–Crippen LogP) is 12.0. The van der Waals surface area contributed by atoms with Crippen molar-refractivity contribution in [1.82, 2.24) is 0 Å². The Morgan fingerprint density at radius 2 is 1.07 bits per heavy atom. The van der Waals surface area contributed by atoms with Crippen LogP contribution in [0.25, 0.3) is 53.2 Å². The van der Waals surface area contributed by atoms with Gasteiger partial charge in [-0.3, -0.25) is 0 Å². The first-order chi connectivity index (χ1) is 20.8. The van der Waals surface area contributed by atoms with Gasteiger partial charge in [-0.15, -0.1) is 11.3 Å². The molecule has 1 nitrogen and oxygen atoms in total. The molecule has 0 aliphatic heterocycles. The highest BCUT2D eigenvalue weighted by atomic mass is 32.1. The lowest BCUT2D eigenvalue weighted by atomic mass is 9.96. The Morgan fingerprint density at radius 3 is 1.86 bits per heavy atom. The lowest BCUT2D eigenvalue weighted by Gasteiger charge is -2.28. The summed E-state index contributed by atoms with van der Waals surface area (Å²) in [5, 5.41) is 5.20. The molecule has 1 aromatic heterocycles. The number of nitrogens with zero attached hydrogens (tertiary/aromatic N) is 1. The minimum atomic E-state index is 1.13. The van der Waals surface area contributed by atoms with E-state index in [1.54, 1.807) is 0 Å². The molecule has 0 amide bonds. The van der Waals surface area contributed by atoms with E-state index in [9.17, 15) is 0 Å². The summed E-state index contributed by atoms with van der Waals surface area (Å²) >= 11 is 1.87. The van der Waals surface area contributed by atoms with Gasteiger partial charge in [-0.1, -0.05) is 115 Å². The van der Waals surface area contributed by atoms with E-state index in [2.05, 4.69) is 169 Å². The molecule has 8 aromatic rings. The van der Waals surface area contributed by atoms with Crippen molar-refractivity contribution < 1.29 is 0 Å². The van der Waals surface area contributed by atoms with Crippen molar-refractivity contribution in [3.8, 4) is 22.3 Å². The third-order valence-electron chi connectivity index (χ3n) is 8.05. The first-order valence-electron chi connectivity index (χ1n) is 14.3. The molecular weight excluding hydrogens is 527 g/mol. The van der Waals surface area contributed by atoms with Gasteiger partial charge in [0.15, 0.2) is 0 Å². The van der Waals surface area contributed by atoms with Crippen molar-refractivity contribution in [2.75, 3.05) is 4.90 Å². The Hall–Kier alpha value is -5.18. The predicted molar refractivity (Wildman–Crippen MR) is 182 cm³/mol. The fraction of sp³-hybridized carbons (Fsp3) is 0. The molecule has 0 N–H and O–H groups in total. The Kier molecular flexibility index (Phi) is 6.05. The fourth-order valence-corrected chi connectivity index (χ4v) is 7.19. The number of hydrogen-bond donors (Lipinski definition) is 0. The van der Waals surface area contributed by atoms with Crippen molar-refractivity contribution >= 4 is 59.3 Å². The molecule has 0 aliphatic carbocycles. The molecule has 8 rings (SSSR count). The van der Waals surface area contributed by atoms with Gasteiger partial charge in [-0.05, 0) is 76.0 Å². The molecule has 0 bridgehead atoms. The first kappa shape index (κ1) is 24.6. The summed E-state index contributed by atoms with van der Waals surface area (Å²) in [4.78, 5) is 2.41. The van der Waals surface area contributed by atoms with Crippen LogP contribution in [0.1, 0.15) is 0 Å². The Balaban J connectivity index is 1.40. The van der Waals surface area contributed by atoms with Gasteiger partial charge in [-0.2, -0.15) is 0 Å². The van der Waals surface area contributed by atoms with Crippen LogP contribution in [0.5, 0.6) is 0 Å². The van der Waals surface area contributed by atoms with Crippen molar-refractivity contribution in [3.05, 3.63) is 164 Å². The van der Waals surface area contributed by atoms with Gasteiger partial charge in [0.2, 0.25) is 0 Å². The van der Waals surface area contributed by atoms with Crippen molar-refractivity contribution in [3.63, 3.8) is 0 Å². The molecule has 2 heteroatoms. The van der Waals surface area contributed by atoms with E-state index in [0.717, 1.165) is 17.1 Å². The second-order valence-corrected chi connectivity index (χ2v) is 11.7. The molecule has 1 heterocycles. The van der Waals surface area contributed by atoms with Crippen molar-refractivity contribution in [2.45, 2.75) is 0 Å². The highest BCUT2D eigenvalue weighted by Gasteiger charge is 2.19. The largest absolute Gasteiger partial charge is 0.310 e. The summed E-state index contributed by atoms with van der Waals surface area (Å²) in [5.74, 6) is 0. The lowest BCUT2D eigenvalue weighted by molar-refractivity contribution is 1.29. The topological polar surface area (TPSA) is 3.24 Å². The van der Waals surface area contributed by atoms with E-state index in [0.29, 0.717) is 0 Å². The van der Waals surface area contributed by atoms with Crippen LogP contribution in [0.4, 0.5) is 17.1 Å². The molecule has 0 atom stereocenters. The molecule has 0 fully saturated rings. The molecule has 0 saturated heterocycles. The Morgan fingerprint density at radius 1 is 0.405 bits per heavy atom. The molecule has 198 valence electrons. The number of hydrogen-bond acceptors (Lipinski definition) is 2. The number of rotatable bonds is 5. The molecule has 0 aliphatic rings. The zero-order valence-corrected chi connectivity index (χ0v) is 23.8. The fourth-order valence-electron chi connectivity index (χ4n) is 6.06. The Bertz CT molecular complexity index is 2180. The molecule has 42 heavy (non-hydrogen) atoms. The maximum atomic E-state index is 2.41. The minimum absolute atomic E-state index is 1.13. The van der Waals surface area contributed by atoms with Gasteiger partial charge in [-0.25, -0.2) is 0 Å². The SMILES string of the molecule is c1ccc(-c2ccc(N(c3ccccc3)c3ccc4ccc5sc6ccccc6c5c4c3)c(-c3ccccc3)c2)cc1. The second kappa shape index (κ2) is 10.3. The van der Waals surface area contributed by atoms with Gasteiger partial charge in [0, 0.05) is 37.1 Å². The molecular formula is C40H27NS. The third-order valence-corrected chi connectivity index (χ3v) is 9.18. The van der Waals surface area contributed by atoms with Crippen LogP contribution in [0.2, 0.25) is 0 Å². The summed E-state index contributed by atoms with van der Waals surface area (Å²) in [6, 6.07) is 59.2. The van der Waals surface area contributed by atoms with Crippen molar-refractivity contribution in [2.24, 2.45) is 0 Å². The minimum Gasteiger partial charge on any atom is -0.310 e. The smallest absolute Gasteiger partial charge is 0.0540 e. The lowest BCUT2D eigenvalue weighted by Crippen LogP contribution is -2.11. The van der Waals surface area contributed by atoms with Crippen LogP contribution in [-0.4, -0.2) is 0 Å². The summed E-state index contributed by atoms with van der Waals surface area (Å²) in [7, 11) is 0. The highest BCUT2D eigenvalue weighted by molar-refractivity contribution is 7.26.